The number of cyclic esters (lactones) is 1. The van der Waals surface area contributed by atoms with E-state index in [0.717, 1.165) is 5.56 Å². The minimum atomic E-state index is -0.669. The summed E-state index contributed by atoms with van der Waals surface area (Å²) in [5.74, 6) is -0.617. The third-order valence-corrected chi connectivity index (χ3v) is 3.42. The molecule has 20 heavy (non-hydrogen) atoms. The van der Waals surface area contributed by atoms with Crippen LogP contribution in [0.15, 0.2) is 24.3 Å². The molecule has 0 bridgehead atoms. The standard InChI is InChI=1S/C16H20O4/c1-15(2,3)20-13(17)11-6-5-7-12(10-11)16(4)8-9-19-14(16)18/h5-7,10H,8-9H2,1-4H3. The first kappa shape index (κ1) is 14.6. The van der Waals surface area contributed by atoms with Crippen LogP contribution < -0.4 is 0 Å². The van der Waals surface area contributed by atoms with E-state index in [2.05, 4.69) is 0 Å². The lowest BCUT2D eigenvalue weighted by atomic mass is 9.81. The topological polar surface area (TPSA) is 52.6 Å². The Morgan fingerprint density at radius 2 is 2.05 bits per heavy atom. The molecule has 1 unspecified atom stereocenters. The van der Waals surface area contributed by atoms with Gasteiger partial charge in [-0.25, -0.2) is 4.79 Å². The van der Waals surface area contributed by atoms with Crippen LogP contribution in [0.3, 0.4) is 0 Å². The van der Waals surface area contributed by atoms with Crippen LogP contribution in [-0.2, 0) is 19.7 Å². The second-order valence-electron chi connectivity index (χ2n) is 6.30. The summed E-state index contributed by atoms with van der Waals surface area (Å²) in [5.41, 5.74) is 0.0445. The molecule has 1 saturated heterocycles. The van der Waals surface area contributed by atoms with E-state index < -0.39 is 11.0 Å². The molecule has 0 saturated carbocycles. The van der Waals surface area contributed by atoms with Crippen molar-refractivity contribution < 1.29 is 19.1 Å². The Hall–Kier alpha value is -1.84. The Labute approximate surface area is 119 Å². The quantitative estimate of drug-likeness (QED) is 0.779. The first-order valence-corrected chi connectivity index (χ1v) is 6.73. The van der Waals surface area contributed by atoms with Crippen molar-refractivity contribution in [2.45, 2.75) is 45.1 Å². The molecule has 2 rings (SSSR count). The molecule has 1 heterocycles. The van der Waals surface area contributed by atoms with Crippen molar-refractivity contribution in [2.24, 2.45) is 0 Å². The molecular weight excluding hydrogens is 256 g/mol. The van der Waals surface area contributed by atoms with Gasteiger partial charge in [0.25, 0.3) is 0 Å². The average Bonchev–Trinajstić information content (AvgIpc) is 2.69. The van der Waals surface area contributed by atoms with E-state index in [4.69, 9.17) is 9.47 Å². The maximum absolute atomic E-state index is 12.1. The fraction of sp³-hybridized carbons (Fsp3) is 0.500. The third-order valence-electron chi connectivity index (χ3n) is 3.42. The van der Waals surface area contributed by atoms with Crippen LogP contribution in [0.1, 0.15) is 50.0 Å². The highest BCUT2D eigenvalue weighted by molar-refractivity contribution is 5.91. The van der Waals surface area contributed by atoms with Crippen molar-refractivity contribution >= 4 is 11.9 Å². The SMILES string of the molecule is CC(C)(C)OC(=O)c1cccc(C2(C)CCOC2=O)c1. The maximum Gasteiger partial charge on any atom is 0.338 e. The molecule has 4 nitrogen and oxygen atoms in total. The van der Waals surface area contributed by atoms with Gasteiger partial charge in [0.2, 0.25) is 0 Å². The fourth-order valence-electron chi connectivity index (χ4n) is 2.20. The van der Waals surface area contributed by atoms with E-state index in [9.17, 15) is 9.59 Å². The van der Waals surface area contributed by atoms with Gasteiger partial charge in [-0.05, 0) is 45.4 Å². The molecule has 0 aromatic heterocycles. The first-order chi connectivity index (χ1) is 9.22. The molecule has 0 amide bonds. The lowest BCUT2D eigenvalue weighted by Crippen LogP contribution is -2.28. The Kier molecular flexibility index (Phi) is 3.59. The molecule has 1 aromatic carbocycles. The molecule has 1 aliphatic heterocycles. The van der Waals surface area contributed by atoms with Gasteiger partial charge in [-0.15, -0.1) is 0 Å². The number of hydrogen-bond donors (Lipinski definition) is 0. The molecule has 1 fully saturated rings. The minimum absolute atomic E-state index is 0.237. The molecule has 108 valence electrons. The molecular formula is C16H20O4. The highest BCUT2D eigenvalue weighted by Gasteiger charge is 2.41. The van der Waals surface area contributed by atoms with E-state index in [-0.39, 0.29) is 11.9 Å². The zero-order valence-corrected chi connectivity index (χ0v) is 12.4. The molecule has 0 spiro atoms. The van der Waals surface area contributed by atoms with Crippen LogP contribution in [0.25, 0.3) is 0 Å². The number of carbonyl (C=O) groups excluding carboxylic acids is 2. The summed E-state index contributed by atoms with van der Waals surface area (Å²) in [5, 5.41) is 0. The lowest BCUT2D eigenvalue weighted by molar-refractivity contribution is -0.142. The summed E-state index contributed by atoms with van der Waals surface area (Å²) >= 11 is 0. The van der Waals surface area contributed by atoms with Crippen molar-refractivity contribution in [3.8, 4) is 0 Å². The van der Waals surface area contributed by atoms with E-state index >= 15 is 0 Å². The van der Waals surface area contributed by atoms with E-state index in [0.29, 0.717) is 18.6 Å². The van der Waals surface area contributed by atoms with Crippen LogP contribution in [0, 0.1) is 0 Å². The van der Waals surface area contributed by atoms with Crippen LogP contribution in [0.4, 0.5) is 0 Å². The summed E-state index contributed by atoms with van der Waals surface area (Å²) in [7, 11) is 0. The van der Waals surface area contributed by atoms with Gasteiger partial charge in [0.1, 0.15) is 5.60 Å². The summed E-state index contributed by atoms with van der Waals surface area (Å²) < 4.78 is 10.4. The molecule has 0 radical (unpaired) electrons. The van der Waals surface area contributed by atoms with Crippen molar-refractivity contribution in [1.29, 1.82) is 0 Å². The van der Waals surface area contributed by atoms with Gasteiger partial charge < -0.3 is 9.47 Å². The Morgan fingerprint density at radius 3 is 2.60 bits per heavy atom. The predicted octanol–water partition coefficient (Wildman–Crippen LogP) is 2.85. The molecule has 4 heteroatoms. The Morgan fingerprint density at radius 1 is 1.35 bits per heavy atom. The second-order valence-corrected chi connectivity index (χ2v) is 6.30. The smallest absolute Gasteiger partial charge is 0.338 e. The van der Waals surface area contributed by atoms with Crippen LogP contribution in [0.2, 0.25) is 0 Å². The van der Waals surface area contributed by atoms with E-state index in [1.54, 1.807) is 18.2 Å². The van der Waals surface area contributed by atoms with Crippen molar-refractivity contribution in [3.63, 3.8) is 0 Å². The summed E-state index contributed by atoms with van der Waals surface area (Å²) in [6.07, 6.45) is 0.629. The zero-order chi connectivity index (χ0) is 15.0. The van der Waals surface area contributed by atoms with Crippen LogP contribution in [-0.4, -0.2) is 24.1 Å². The van der Waals surface area contributed by atoms with Crippen molar-refractivity contribution in [1.82, 2.24) is 0 Å². The number of ether oxygens (including phenoxy) is 2. The summed E-state index contributed by atoms with van der Waals surface area (Å²) in [6, 6.07) is 7.04. The summed E-state index contributed by atoms with van der Waals surface area (Å²) in [4.78, 5) is 23.9. The Balaban J connectivity index is 2.29. The van der Waals surface area contributed by atoms with Gasteiger partial charge in [-0.2, -0.15) is 0 Å². The third kappa shape index (κ3) is 2.84. The normalized spacial score (nSPS) is 22.5. The monoisotopic (exact) mass is 276 g/mol. The largest absolute Gasteiger partial charge is 0.465 e. The number of hydrogen-bond acceptors (Lipinski definition) is 4. The van der Waals surface area contributed by atoms with Gasteiger partial charge in [-0.3, -0.25) is 4.79 Å². The van der Waals surface area contributed by atoms with Gasteiger partial charge in [-0.1, -0.05) is 12.1 Å². The molecule has 0 N–H and O–H groups in total. The number of esters is 2. The van der Waals surface area contributed by atoms with Gasteiger partial charge in [0, 0.05) is 6.42 Å². The van der Waals surface area contributed by atoms with Gasteiger partial charge in [0.15, 0.2) is 0 Å². The average molecular weight is 276 g/mol. The zero-order valence-electron chi connectivity index (χ0n) is 12.4. The highest BCUT2D eigenvalue weighted by atomic mass is 16.6. The fourth-order valence-corrected chi connectivity index (χ4v) is 2.20. The number of rotatable bonds is 2. The van der Waals surface area contributed by atoms with E-state index in [1.165, 1.54) is 0 Å². The van der Waals surface area contributed by atoms with Crippen LogP contribution >= 0.6 is 0 Å². The number of carbonyl (C=O) groups is 2. The second kappa shape index (κ2) is 4.93. The molecule has 0 aliphatic carbocycles. The predicted molar refractivity (Wildman–Crippen MR) is 74.5 cm³/mol. The lowest BCUT2D eigenvalue weighted by Gasteiger charge is -2.22. The summed E-state index contributed by atoms with van der Waals surface area (Å²) in [6.45, 7) is 7.74. The van der Waals surface area contributed by atoms with Gasteiger partial charge >= 0.3 is 11.9 Å². The highest BCUT2D eigenvalue weighted by Crippen LogP contribution is 2.34. The van der Waals surface area contributed by atoms with Gasteiger partial charge in [0.05, 0.1) is 17.6 Å². The van der Waals surface area contributed by atoms with Crippen molar-refractivity contribution in [2.75, 3.05) is 6.61 Å². The molecule has 1 aromatic rings. The van der Waals surface area contributed by atoms with Crippen LogP contribution in [0.5, 0.6) is 0 Å². The molecule has 1 atom stereocenters. The number of benzene rings is 1. The maximum atomic E-state index is 12.1. The van der Waals surface area contributed by atoms with E-state index in [1.807, 2.05) is 33.8 Å². The van der Waals surface area contributed by atoms with Crippen molar-refractivity contribution in [3.05, 3.63) is 35.4 Å². The minimum Gasteiger partial charge on any atom is -0.465 e. The first-order valence-electron chi connectivity index (χ1n) is 6.73. The molecule has 1 aliphatic rings. The Bertz CT molecular complexity index is 542.